The van der Waals surface area contributed by atoms with Gasteiger partial charge in [-0.3, -0.25) is 14.5 Å². The summed E-state index contributed by atoms with van der Waals surface area (Å²) in [7, 11) is 0. The largest absolute Gasteiger partial charge is 0.353 e. The van der Waals surface area contributed by atoms with Crippen LogP contribution >= 0.6 is 0 Å². The fourth-order valence-electron chi connectivity index (χ4n) is 3.72. The fraction of sp³-hybridized carbons (Fsp3) is 0.391. The van der Waals surface area contributed by atoms with Crippen LogP contribution in [0, 0.1) is 0 Å². The number of nitrogens with zero attached hydrogens (tertiary/aromatic N) is 1. The van der Waals surface area contributed by atoms with Gasteiger partial charge in [0.1, 0.15) is 0 Å². The van der Waals surface area contributed by atoms with Crippen molar-refractivity contribution >= 4 is 17.5 Å². The topological polar surface area (TPSA) is 61.4 Å². The van der Waals surface area contributed by atoms with Gasteiger partial charge in [-0.25, -0.2) is 0 Å². The molecule has 0 radical (unpaired) electrons. The van der Waals surface area contributed by atoms with E-state index in [0.717, 1.165) is 43.6 Å². The van der Waals surface area contributed by atoms with Gasteiger partial charge in [-0.15, -0.1) is 0 Å². The number of hydrogen-bond donors (Lipinski definition) is 2. The van der Waals surface area contributed by atoms with Gasteiger partial charge in [-0.1, -0.05) is 55.5 Å². The SMILES string of the molecule is CCC(C(=O)NC1CCN(CC(=O)Nc2ccccc2)CC1)c1ccccc1. The second-order valence-corrected chi connectivity index (χ2v) is 7.34. The Balaban J connectivity index is 1.43. The summed E-state index contributed by atoms with van der Waals surface area (Å²) in [5.41, 5.74) is 1.89. The maximum absolute atomic E-state index is 12.7. The van der Waals surface area contributed by atoms with Crippen LogP contribution in [-0.4, -0.2) is 42.4 Å². The van der Waals surface area contributed by atoms with Gasteiger partial charge < -0.3 is 10.6 Å². The Labute approximate surface area is 167 Å². The summed E-state index contributed by atoms with van der Waals surface area (Å²) >= 11 is 0. The lowest BCUT2D eigenvalue weighted by atomic mass is 9.94. The molecule has 0 aliphatic carbocycles. The summed E-state index contributed by atoms with van der Waals surface area (Å²) in [5, 5.41) is 6.14. The first-order valence-electron chi connectivity index (χ1n) is 10.1. The molecule has 148 valence electrons. The minimum absolute atomic E-state index is 0.00353. The monoisotopic (exact) mass is 379 g/mol. The van der Waals surface area contributed by atoms with Gasteiger partial charge in [-0.2, -0.15) is 0 Å². The highest BCUT2D eigenvalue weighted by atomic mass is 16.2. The van der Waals surface area contributed by atoms with Gasteiger partial charge in [0.2, 0.25) is 11.8 Å². The molecular formula is C23H29N3O2. The Bertz CT molecular complexity index is 756. The van der Waals surface area contributed by atoms with Crippen LogP contribution in [0.15, 0.2) is 60.7 Å². The molecule has 1 saturated heterocycles. The average Bonchev–Trinajstić information content (AvgIpc) is 2.71. The average molecular weight is 380 g/mol. The van der Waals surface area contributed by atoms with Gasteiger partial charge >= 0.3 is 0 Å². The number of para-hydroxylation sites is 1. The predicted molar refractivity (Wildman–Crippen MR) is 112 cm³/mol. The third-order valence-electron chi connectivity index (χ3n) is 5.29. The van der Waals surface area contributed by atoms with E-state index >= 15 is 0 Å². The zero-order valence-electron chi connectivity index (χ0n) is 16.4. The van der Waals surface area contributed by atoms with Crippen LogP contribution in [0.1, 0.15) is 37.7 Å². The van der Waals surface area contributed by atoms with E-state index in [4.69, 9.17) is 0 Å². The highest BCUT2D eigenvalue weighted by Crippen LogP contribution is 2.20. The molecule has 0 aromatic heterocycles. The Kier molecular flexibility index (Phi) is 7.20. The minimum Gasteiger partial charge on any atom is -0.353 e. The molecule has 2 amide bonds. The molecule has 0 saturated carbocycles. The zero-order valence-corrected chi connectivity index (χ0v) is 16.4. The molecule has 0 bridgehead atoms. The first-order valence-corrected chi connectivity index (χ1v) is 10.1. The maximum Gasteiger partial charge on any atom is 0.238 e. The van der Waals surface area contributed by atoms with Crippen molar-refractivity contribution in [2.45, 2.75) is 38.1 Å². The molecule has 3 rings (SSSR count). The van der Waals surface area contributed by atoms with Crippen molar-refractivity contribution in [3.63, 3.8) is 0 Å². The van der Waals surface area contributed by atoms with Crippen molar-refractivity contribution in [2.24, 2.45) is 0 Å². The normalized spacial score (nSPS) is 16.3. The molecule has 2 aromatic carbocycles. The van der Waals surface area contributed by atoms with Crippen LogP contribution in [0.25, 0.3) is 0 Å². The summed E-state index contributed by atoms with van der Waals surface area (Å²) in [6, 6.07) is 19.6. The van der Waals surface area contributed by atoms with Crippen molar-refractivity contribution in [2.75, 3.05) is 25.0 Å². The van der Waals surface area contributed by atoms with Crippen LogP contribution in [0.4, 0.5) is 5.69 Å². The van der Waals surface area contributed by atoms with Crippen LogP contribution in [-0.2, 0) is 9.59 Å². The van der Waals surface area contributed by atoms with Crippen molar-refractivity contribution in [1.82, 2.24) is 10.2 Å². The maximum atomic E-state index is 12.7. The van der Waals surface area contributed by atoms with E-state index in [2.05, 4.69) is 15.5 Å². The molecule has 1 aliphatic heterocycles. The number of rotatable bonds is 7. The molecular weight excluding hydrogens is 350 g/mol. The number of piperidine rings is 1. The van der Waals surface area contributed by atoms with E-state index in [-0.39, 0.29) is 23.8 Å². The van der Waals surface area contributed by atoms with E-state index in [9.17, 15) is 9.59 Å². The summed E-state index contributed by atoms with van der Waals surface area (Å²) in [4.78, 5) is 27.1. The van der Waals surface area contributed by atoms with Gasteiger partial charge in [0.05, 0.1) is 12.5 Å². The van der Waals surface area contributed by atoms with Gasteiger partial charge in [0, 0.05) is 24.8 Å². The number of anilines is 1. The van der Waals surface area contributed by atoms with Crippen LogP contribution in [0.5, 0.6) is 0 Å². The first kappa shape index (κ1) is 20.1. The molecule has 1 fully saturated rings. The van der Waals surface area contributed by atoms with Crippen molar-refractivity contribution in [3.05, 3.63) is 66.2 Å². The second kappa shape index (κ2) is 10.0. The molecule has 1 heterocycles. The third kappa shape index (κ3) is 5.67. The standard InChI is InChI=1S/C23H29N3O2/c1-2-21(18-9-5-3-6-10-18)23(28)25-20-13-15-26(16-14-20)17-22(27)24-19-11-7-4-8-12-19/h3-12,20-21H,2,13-17H2,1H3,(H,24,27)(H,25,28). The highest BCUT2D eigenvalue weighted by Gasteiger charge is 2.25. The Morgan fingerprint density at radius 2 is 1.61 bits per heavy atom. The second-order valence-electron chi connectivity index (χ2n) is 7.34. The molecule has 5 heteroatoms. The van der Waals surface area contributed by atoms with E-state index in [0.29, 0.717) is 6.54 Å². The molecule has 2 N–H and O–H groups in total. The number of nitrogens with one attached hydrogen (secondary N) is 2. The zero-order chi connectivity index (χ0) is 19.8. The number of hydrogen-bond acceptors (Lipinski definition) is 3. The van der Waals surface area contributed by atoms with Crippen molar-refractivity contribution < 1.29 is 9.59 Å². The van der Waals surface area contributed by atoms with Crippen LogP contribution in [0.3, 0.4) is 0 Å². The molecule has 1 unspecified atom stereocenters. The number of carbonyl (C=O) groups excluding carboxylic acids is 2. The Morgan fingerprint density at radius 1 is 1.00 bits per heavy atom. The number of benzene rings is 2. The van der Waals surface area contributed by atoms with Crippen LogP contribution < -0.4 is 10.6 Å². The molecule has 1 aliphatic rings. The predicted octanol–water partition coefficient (Wildman–Crippen LogP) is 3.40. The molecule has 0 spiro atoms. The first-order chi connectivity index (χ1) is 13.7. The van der Waals surface area contributed by atoms with Gasteiger partial charge in [-0.05, 0) is 37.0 Å². The van der Waals surface area contributed by atoms with Crippen molar-refractivity contribution in [1.29, 1.82) is 0 Å². The fourth-order valence-corrected chi connectivity index (χ4v) is 3.72. The third-order valence-corrected chi connectivity index (χ3v) is 5.29. The molecule has 28 heavy (non-hydrogen) atoms. The van der Waals surface area contributed by atoms with E-state index in [1.165, 1.54) is 0 Å². The summed E-state index contributed by atoms with van der Waals surface area (Å²) in [5.74, 6) is 0.00802. The summed E-state index contributed by atoms with van der Waals surface area (Å²) in [6.45, 7) is 4.06. The number of amides is 2. The smallest absolute Gasteiger partial charge is 0.238 e. The van der Waals surface area contributed by atoms with Crippen LogP contribution in [0.2, 0.25) is 0 Å². The van der Waals surface area contributed by atoms with Gasteiger partial charge in [0.15, 0.2) is 0 Å². The number of carbonyl (C=O) groups is 2. The minimum atomic E-state index is -0.101. The van der Waals surface area contributed by atoms with Crippen molar-refractivity contribution in [3.8, 4) is 0 Å². The lowest BCUT2D eigenvalue weighted by Gasteiger charge is -2.32. The Hall–Kier alpha value is -2.66. The highest BCUT2D eigenvalue weighted by molar-refractivity contribution is 5.92. The summed E-state index contributed by atoms with van der Waals surface area (Å²) in [6.07, 6.45) is 2.53. The number of likely N-dealkylation sites (tertiary alicyclic amines) is 1. The summed E-state index contributed by atoms with van der Waals surface area (Å²) < 4.78 is 0. The Morgan fingerprint density at radius 3 is 2.21 bits per heavy atom. The van der Waals surface area contributed by atoms with E-state index < -0.39 is 0 Å². The quantitative estimate of drug-likeness (QED) is 0.775. The van der Waals surface area contributed by atoms with E-state index in [1.807, 2.05) is 67.6 Å². The lowest BCUT2D eigenvalue weighted by molar-refractivity contribution is -0.124. The molecule has 1 atom stereocenters. The lowest BCUT2D eigenvalue weighted by Crippen LogP contribution is -2.47. The molecule has 2 aromatic rings. The van der Waals surface area contributed by atoms with Gasteiger partial charge in [0.25, 0.3) is 0 Å². The molecule has 5 nitrogen and oxygen atoms in total. The van der Waals surface area contributed by atoms with E-state index in [1.54, 1.807) is 0 Å².